The van der Waals surface area contributed by atoms with Gasteiger partial charge in [0.1, 0.15) is 17.2 Å². The van der Waals surface area contributed by atoms with Crippen LogP contribution in [0.5, 0.6) is 17.2 Å². The molecule has 0 spiro atoms. The summed E-state index contributed by atoms with van der Waals surface area (Å²) in [4.78, 5) is 44.5. The standard InChI is InChI=1S/C17H27N3O4S.C17H26N2O4S.C15H23N3O4S/c1-4-20-8-6-7-12(20)11-19-17(21)13-9-16(25(22,23)5-2)14(18)10-15(13)24-3;1-4-19-10-6-7-13(19)12-18-17(20)15-11-14(24(21,22)5-2)8-9-16(15)23-3;1-3-18-8-4-5-11(18)10-17-15(19)13-9-12(23(16,20)21)6-7-14(13)22-2/h9-10,12H,4-8,11,18H2,1-3H3,(H,19,21);8-9,11,13H,4-7,10,12H2,1-3H3,(H,18,20);6-7,9,11H,3-5,8,10H2,1-2H3,(H,17,19)(H2,16,20,21). The molecule has 3 heterocycles. The van der Waals surface area contributed by atoms with E-state index in [2.05, 4.69) is 51.4 Å². The lowest BCUT2D eigenvalue weighted by atomic mass is 10.1. The van der Waals surface area contributed by atoms with E-state index >= 15 is 0 Å². The van der Waals surface area contributed by atoms with Crippen LogP contribution in [0.3, 0.4) is 0 Å². The summed E-state index contributed by atoms with van der Waals surface area (Å²) in [7, 11) is -6.44. The maximum absolute atomic E-state index is 12.6. The quantitative estimate of drug-likeness (QED) is 0.101. The molecule has 3 unspecified atom stereocenters. The third kappa shape index (κ3) is 15.7. The zero-order valence-electron chi connectivity index (χ0n) is 43.0. The number of benzene rings is 3. The van der Waals surface area contributed by atoms with Crippen LogP contribution in [0.15, 0.2) is 63.2 Å². The number of primary sulfonamides is 1. The fourth-order valence-electron chi connectivity index (χ4n) is 9.16. The number of carbonyl (C=O) groups excluding carboxylic acids is 3. The molecule has 0 aliphatic carbocycles. The summed E-state index contributed by atoms with van der Waals surface area (Å²) in [5.74, 6) is -0.157. The Morgan fingerprint density at radius 2 is 0.903 bits per heavy atom. The van der Waals surface area contributed by atoms with Crippen molar-refractivity contribution in [2.24, 2.45) is 5.14 Å². The van der Waals surface area contributed by atoms with Gasteiger partial charge in [0, 0.05) is 43.8 Å². The first-order valence-electron chi connectivity index (χ1n) is 24.5. The van der Waals surface area contributed by atoms with Crippen molar-refractivity contribution in [3.63, 3.8) is 0 Å². The number of carbonyl (C=O) groups is 3. The van der Waals surface area contributed by atoms with E-state index in [-0.39, 0.29) is 72.0 Å². The van der Waals surface area contributed by atoms with E-state index in [1.165, 1.54) is 76.8 Å². The number of rotatable bonds is 20. The van der Waals surface area contributed by atoms with Gasteiger partial charge < -0.3 is 35.9 Å². The molecule has 0 saturated carbocycles. The Morgan fingerprint density at radius 3 is 1.25 bits per heavy atom. The van der Waals surface area contributed by atoms with Crippen LogP contribution in [0, 0.1) is 0 Å². The number of nitrogens with zero attached hydrogens (tertiary/aromatic N) is 3. The number of anilines is 1. The van der Waals surface area contributed by atoms with Gasteiger partial charge in [0.25, 0.3) is 17.7 Å². The van der Waals surface area contributed by atoms with Gasteiger partial charge in [-0.25, -0.2) is 30.4 Å². The van der Waals surface area contributed by atoms with Crippen molar-refractivity contribution in [2.75, 3.05) is 97.5 Å². The predicted octanol–water partition coefficient (Wildman–Crippen LogP) is 3.54. The van der Waals surface area contributed by atoms with Crippen molar-refractivity contribution in [1.82, 2.24) is 30.7 Å². The van der Waals surface area contributed by atoms with E-state index < -0.39 is 29.7 Å². The first-order valence-corrected chi connectivity index (χ1v) is 29.4. The maximum Gasteiger partial charge on any atom is 0.255 e. The van der Waals surface area contributed by atoms with Crippen LogP contribution in [0.2, 0.25) is 0 Å². The van der Waals surface area contributed by atoms with Crippen molar-refractivity contribution in [1.29, 1.82) is 0 Å². The van der Waals surface area contributed by atoms with Gasteiger partial charge in [0.2, 0.25) is 10.0 Å². The molecule has 7 N–H and O–H groups in total. The van der Waals surface area contributed by atoms with E-state index in [0.29, 0.717) is 49.3 Å². The minimum atomic E-state index is -3.87. The monoisotopic (exact) mass is 1060 g/mol. The summed E-state index contributed by atoms with van der Waals surface area (Å²) in [6, 6.07) is 12.1. The zero-order chi connectivity index (χ0) is 53.4. The van der Waals surface area contributed by atoms with Crippen molar-refractivity contribution < 1.29 is 53.8 Å². The van der Waals surface area contributed by atoms with Crippen molar-refractivity contribution >= 4 is 53.1 Å². The van der Waals surface area contributed by atoms with Crippen LogP contribution in [0.1, 0.15) is 104 Å². The summed E-state index contributed by atoms with van der Waals surface area (Å²) < 4.78 is 86.9. The first kappa shape index (κ1) is 59.5. The molecule has 402 valence electrons. The molecule has 20 nitrogen and oxygen atoms in total. The average Bonchev–Trinajstić information content (AvgIpc) is 4.17. The summed E-state index contributed by atoms with van der Waals surface area (Å²) in [5.41, 5.74) is 6.54. The Kier molecular flexibility index (Phi) is 22.6. The molecule has 3 aliphatic heterocycles. The second-order valence-corrected chi connectivity index (χ2v) is 23.7. The molecule has 0 aromatic heterocycles. The molecule has 3 aromatic carbocycles. The van der Waals surface area contributed by atoms with E-state index in [1.807, 2.05) is 0 Å². The molecule has 3 aromatic rings. The van der Waals surface area contributed by atoms with Crippen LogP contribution in [0.25, 0.3) is 0 Å². The SMILES string of the molecule is CCN1CCCC1CNC(=O)c1cc(S(=O)(=O)CC)c(N)cc1OC.CCN1CCCC1CNC(=O)c1cc(S(=O)(=O)CC)ccc1OC.CCN1CCCC1CNC(=O)c1cc(S(N)(=O)=O)ccc1OC. The highest BCUT2D eigenvalue weighted by Gasteiger charge is 2.28. The molecule has 6 rings (SSSR count). The Morgan fingerprint density at radius 1 is 0.542 bits per heavy atom. The van der Waals surface area contributed by atoms with Gasteiger partial charge in [-0.1, -0.05) is 34.6 Å². The number of methoxy groups -OCH3 is 3. The van der Waals surface area contributed by atoms with Crippen molar-refractivity contribution in [3.05, 3.63) is 65.2 Å². The minimum absolute atomic E-state index is 0.00603. The van der Waals surface area contributed by atoms with Gasteiger partial charge in [-0.15, -0.1) is 0 Å². The Hall–Kier alpha value is -5.04. The third-order valence-electron chi connectivity index (χ3n) is 13.4. The smallest absolute Gasteiger partial charge is 0.255 e. The molecule has 23 heteroatoms. The number of sulfonamides is 1. The van der Waals surface area contributed by atoms with Crippen LogP contribution in [0.4, 0.5) is 5.69 Å². The van der Waals surface area contributed by atoms with Crippen molar-refractivity contribution in [2.45, 2.75) is 106 Å². The number of ether oxygens (including phenoxy) is 3. The molecule has 0 radical (unpaired) electrons. The van der Waals surface area contributed by atoms with Gasteiger partial charge in [0.15, 0.2) is 19.7 Å². The number of amides is 3. The molecular weight excluding hydrogens is 989 g/mol. The molecule has 3 aliphatic rings. The highest BCUT2D eigenvalue weighted by molar-refractivity contribution is 7.91. The summed E-state index contributed by atoms with van der Waals surface area (Å²) in [6.45, 7) is 17.0. The Bertz CT molecular complexity index is 2670. The van der Waals surface area contributed by atoms with Gasteiger partial charge in [-0.2, -0.15) is 0 Å². The summed E-state index contributed by atoms with van der Waals surface area (Å²) >= 11 is 0. The lowest BCUT2D eigenvalue weighted by Gasteiger charge is -2.23. The molecule has 3 amide bonds. The normalized spacial score (nSPS) is 18.5. The van der Waals surface area contributed by atoms with Crippen LogP contribution in [-0.2, 0) is 29.7 Å². The number of hydrogen-bond donors (Lipinski definition) is 5. The molecule has 3 atom stereocenters. The largest absolute Gasteiger partial charge is 0.496 e. The zero-order valence-corrected chi connectivity index (χ0v) is 45.4. The lowest BCUT2D eigenvalue weighted by molar-refractivity contribution is 0.0930. The average molecular weight is 1070 g/mol. The van der Waals surface area contributed by atoms with E-state index in [9.17, 15) is 39.6 Å². The van der Waals surface area contributed by atoms with Gasteiger partial charge >= 0.3 is 0 Å². The molecule has 3 saturated heterocycles. The summed E-state index contributed by atoms with van der Waals surface area (Å²) in [5, 5.41) is 13.8. The predicted molar refractivity (Wildman–Crippen MR) is 278 cm³/mol. The Balaban J connectivity index is 0.000000235. The minimum Gasteiger partial charge on any atom is -0.496 e. The topological polar surface area (TPSA) is 279 Å². The van der Waals surface area contributed by atoms with Gasteiger partial charge in [-0.3, -0.25) is 29.1 Å². The summed E-state index contributed by atoms with van der Waals surface area (Å²) in [6.07, 6.45) is 6.54. The molecule has 72 heavy (non-hydrogen) atoms. The number of hydrogen-bond acceptors (Lipinski definition) is 16. The van der Waals surface area contributed by atoms with Gasteiger partial charge in [-0.05, 0) is 120 Å². The molecule has 3 fully saturated rings. The molecular formula is C49H76N8O12S3. The lowest BCUT2D eigenvalue weighted by Crippen LogP contribution is -2.40. The fourth-order valence-corrected chi connectivity index (χ4v) is 11.6. The van der Waals surface area contributed by atoms with E-state index in [0.717, 1.165) is 77.8 Å². The Labute approximate surface area is 426 Å². The second-order valence-electron chi connectivity index (χ2n) is 17.6. The number of sulfone groups is 2. The van der Waals surface area contributed by atoms with E-state index in [4.69, 9.17) is 25.1 Å². The highest BCUT2D eigenvalue weighted by Crippen LogP contribution is 2.30. The number of nitrogen functional groups attached to an aromatic ring is 1. The number of likely N-dealkylation sites (N-methyl/N-ethyl adjacent to an activating group) is 3. The number of nitrogens with two attached hydrogens (primary N) is 2. The van der Waals surface area contributed by atoms with Crippen LogP contribution in [-0.4, -0.2) is 168 Å². The number of likely N-dealkylation sites (tertiary alicyclic amines) is 3. The van der Waals surface area contributed by atoms with Crippen LogP contribution >= 0.6 is 0 Å². The molecule has 0 bridgehead atoms. The first-order chi connectivity index (χ1) is 34.1. The maximum atomic E-state index is 12.6. The third-order valence-corrected chi connectivity index (χ3v) is 17.8. The fraction of sp³-hybridized carbons (Fsp3) is 0.571. The second kappa shape index (κ2) is 27.3. The van der Waals surface area contributed by atoms with Crippen LogP contribution < -0.4 is 41.0 Å². The highest BCUT2D eigenvalue weighted by atomic mass is 32.2. The number of nitrogens with one attached hydrogen (secondary N) is 3. The van der Waals surface area contributed by atoms with Gasteiger partial charge in [0.05, 0.1) is 69.9 Å². The van der Waals surface area contributed by atoms with Crippen molar-refractivity contribution in [3.8, 4) is 17.2 Å². The van der Waals surface area contributed by atoms with E-state index in [1.54, 1.807) is 6.92 Å².